The Bertz CT molecular complexity index is 335. The van der Waals surface area contributed by atoms with Crippen molar-refractivity contribution in [2.75, 3.05) is 6.54 Å². The van der Waals surface area contributed by atoms with Gasteiger partial charge in [-0.15, -0.1) is 0 Å². The van der Waals surface area contributed by atoms with Crippen LogP contribution in [0.15, 0.2) is 0 Å². The lowest BCUT2D eigenvalue weighted by atomic mass is 9.67. The molecule has 1 aliphatic heterocycles. The maximum atomic E-state index is 12.2. The largest absolute Gasteiger partial charge is 0.391 e. The Balaban J connectivity index is 2.07. The van der Waals surface area contributed by atoms with Gasteiger partial charge in [0.05, 0.1) is 11.5 Å². The Morgan fingerprint density at radius 2 is 2.00 bits per heavy atom. The van der Waals surface area contributed by atoms with Crippen molar-refractivity contribution in [2.45, 2.75) is 51.2 Å². The van der Waals surface area contributed by atoms with Crippen LogP contribution in [0.4, 0.5) is 0 Å². The van der Waals surface area contributed by atoms with Gasteiger partial charge in [-0.25, -0.2) is 0 Å². The van der Waals surface area contributed by atoms with Gasteiger partial charge < -0.3 is 15.7 Å². The zero-order valence-corrected chi connectivity index (χ0v) is 10.2. The quantitative estimate of drug-likeness (QED) is 0.682. The summed E-state index contributed by atoms with van der Waals surface area (Å²) in [7, 11) is 0. The number of carbonyl (C=O) groups is 2. The average Bonchev–Trinajstić information content (AvgIpc) is 2.28. The zero-order chi connectivity index (χ0) is 12.6. The van der Waals surface area contributed by atoms with E-state index in [-0.39, 0.29) is 11.3 Å². The smallest absolute Gasteiger partial charge is 0.242 e. The van der Waals surface area contributed by atoms with E-state index < -0.39 is 18.1 Å². The summed E-state index contributed by atoms with van der Waals surface area (Å²) in [5, 5.41) is 9.53. The average molecular weight is 240 g/mol. The molecule has 96 valence electrons. The van der Waals surface area contributed by atoms with Crippen molar-refractivity contribution in [1.29, 1.82) is 0 Å². The normalized spacial score (nSPS) is 26.5. The third-order valence-corrected chi connectivity index (χ3v) is 4.08. The lowest BCUT2D eigenvalue weighted by molar-refractivity contribution is -0.174. The third kappa shape index (κ3) is 1.92. The molecular formula is C12H20N2O3. The molecule has 0 radical (unpaired) electrons. The summed E-state index contributed by atoms with van der Waals surface area (Å²) in [6, 6.07) is -0.866. The molecule has 2 aliphatic rings. The minimum Gasteiger partial charge on any atom is -0.391 e. The molecule has 1 unspecified atom stereocenters. The molecule has 1 heterocycles. The highest BCUT2D eigenvalue weighted by atomic mass is 16.3. The van der Waals surface area contributed by atoms with Crippen LogP contribution >= 0.6 is 0 Å². The van der Waals surface area contributed by atoms with Crippen LogP contribution in [-0.4, -0.2) is 40.5 Å². The minimum absolute atomic E-state index is 0.00176. The van der Waals surface area contributed by atoms with Gasteiger partial charge in [0.2, 0.25) is 11.8 Å². The van der Waals surface area contributed by atoms with Gasteiger partial charge in [-0.05, 0) is 19.8 Å². The highest BCUT2D eigenvalue weighted by Crippen LogP contribution is 2.45. The van der Waals surface area contributed by atoms with Gasteiger partial charge >= 0.3 is 0 Å². The van der Waals surface area contributed by atoms with E-state index >= 15 is 0 Å². The number of β-lactam (4-membered cyclic amide) rings is 1. The number of nitrogens with two attached hydrogens (primary N) is 1. The second kappa shape index (κ2) is 4.29. The van der Waals surface area contributed by atoms with Crippen molar-refractivity contribution < 1.29 is 14.7 Å². The van der Waals surface area contributed by atoms with Crippen LogP contribution < -0.4 is 5.73 Å². The molecule has 5 heteroatoms. The van der Waals surface area contributed by atoms with E-state index in [1.165, 1.54) is 18.2 Å². The number of aliphatic hydroxyl groups is 1. The fraction of sp³-hybridized carbons (Fsp3) is 0.833. The fourth-order valence-corrected chi connectivity index (χ4v) is 3.16. The summed E-state index contributed by atoms with van der Waals surface area (Å²) in [5.41, 5.74) is 4.99. The predicted octanol–water partition coefficient (Wildman–Crippen LogP) is 0.0138. The maximum Gasteiger partial charge on any atom is 0.242 e. The molecule has 1 saturated carbocycles. The van der Waals surface area contributed by atoms with Crippen molar-refractivity contribution in [3.8, 4) is 0 Å². The van der Waals surface area contributed by atoms with Crippen molar-refractivity contribution in [2.24, 2.45) is 11.1 Å². The van der Waals surface area contributed by atoms with E-state index in [0.29, 0.717) is 6.54 Å². The number of hydrogen-bond acceptors (Lipinski definition) is 3. The molecule has 0 aromatic carbocycles. The summed E-state index contributed by atoms with van der Waals surface area (Å²) in [4.78, 5) is 24.9. The highest BCUT2D eigenvalue weighted by molar-refractivity contribution is 5.94. The van der Waals surface area contributed by atoms with Gasteiger partial charge in [0.25, 0.3) is 0 Å². The topological polar surface area (TPSA) is 83.6 Å². The Morgan fingerprint density at radius 3 is 2.41 bits per heavy atom. The highest BCUT2D eigenvalue weighted by Gasteiger charge is 2.55. The molecule has 1 aliphatic carbocycles. The van der Waals surface area contributed by atoms with Crippen LogP contribution in [0.5, 0.6) is 0 Å². The first kappa shape index (κ1) is 12.4. The minimum atomic E-state index is -0.905. The molecule has 17 heavy (non-hydrogen) atoms. The molecule has 5 nitrogen and oxygen atoms in total. The van der Waals surface area contributed by atoms with Crippen LogP contribution in [0.1, 0.15) is 39.0 Å². The lowest BCUT2D eigenvalue weighted by Crippen LogP contribution is -2.69. The first-order valence-corrected chi connectivity index (χ1v) is 6.26. The Labute approximate surface area is 101 Å². The van der Waals surface area contributed by atoms with E-state index in [1.807, 2.05) is 0 Å². The van der Waals surface area contributed by atoms with Crippen molar-refractivity contribution >= 4 is 11.8 Å². The molecule has 0 bridgehead atoms. The van der Waals surface area contributed by atoms with Gasteiger partial charge in [0, 0.05) is 6.54 Å². The molecular weight excluding hydrogens is 220 g/mol. The van der Waals surface area contributed by atoms with Gasteiger partial charge in [-0.1, -0.05) is 19.3 Å². The molecule has 2 fully saturated rings. The summed E-state index contributed by atoms with van der Waals surface area (Å²) in [6.07, 6.45) is 4.26. The van der Waals surface area contributed by atoms with Crippen LogP contribution in [0.2, 0.25) is 0 Å². The van der Waals surface area contributed by atoms with Crippen LogP contribution in [0.3, 0.4) is 0 Å². The third-order valence-electron chi connectivity index (χ3n) is 4.08. The fourth-order valence-electron chi connectivity index (χ4n) is 3.16. The molecule has 2 rings (SSSR count). The predicted molar refractivity (Wildman–Crippen MR) is 61.9 cm³/mol. The van der Waals surface area contributed by atoms with Gasteiger partial charge in [-0.3, -0.25) is 9.59 Å². The SMILES string of the molecule is C[C@@H](O)C(C(N)=O)N1CC2(CCCCC2)C1=O. The number of hydrogen-bond donors (Lipinski definition) is 2. The Morgan fingerprint density at radius 1 is 1.41 bits per heavy atom. The van der Waals surface area contributed by atoms with Crippen molar-refractivity contribution in [3.63, 3.8) is 0 Å². The summed E-state index contributed by atoms with van der Waals surface area (Å²) < 4.78 is 0. The van der Waals surface area contributed by atoms with Crippen molar-refractivity contribution in [3.05, 3.63) is 0 Å². The summed E-state index contributed by atoms with van der Waals surface area (Å²) in [5.74, 6) is -0.624. The first-order valence-electron chi connectivity index (χ1n) is 6.26. The number of aliphatic hydroxyl groups excluding tert-OH is 1. The van der Waals surface area contributed by atoms with Gasteiger partial charge in [0.15, 0.2) is 0 Å². The van der Waals surface area contributed by atoms with E-state index in [4.69, 9.17) is 5.73 Å². The maximum absolute atomic E-state index is 12.2. The van der Waals surface area contributed by atoms with E-state index in [1.54, 1.807) is 0 Å². The van der Waals surface area contributed by atoms with Crippen LogP contribution in [0.25, 0.3) is 0 Å². The van der Waals surface area contributed by atoms with E-state index in [0.717, 1.165) is 25.7 Å². The molecule has 1 spiro atoms. The monoisotopic (exact) mass is 240 g/mol. The van der Waals surface area contributed by atoms with Crippen molar-refractivity contribution in [1.82, 2.24) is 4.90 Å². The standard InChI is InChI=1S/C12H20N2O3/c1-8(15)9(10(13)16)14-7-12(11(14)17)5-3-2-4-6-12/h8-9,15H,2-7H2,1H3,(H2,13,16)/t8-,9?/m1/s1. The van der Waals surface area contributed by atoms with Gasteiger partial charge in [0.1, 0.15) is 6.04 Å². The van der Waals surface area contributed by atoms with E-state index in [2.05, 4.69) is 0 Å². The first-order chi connectivity index (χ1) is 7.98. The number of carbonyl (C=O) groups excluding carboxylic acids is 2. The summed E-state index contributed by atoms with van der Waals surface area (Å²) >= 11 is 0. The molecule has 3 N–H and O–H groups in total. The molecule has 0 aromatic heterocycles. The number of amides is 2. The second-order valence-corrected chi connectivity index (χ2v) is 5.36. The zero-order valence-electron chi connectivity index (χ0n) is 10.2. The van der Waals surface area contributed by atoms with E-state index in [9.17, 15) is 14.7 Å². The summed E-state index contributed by atoms with van der Waals surface area (Å²) in [6.45, 7) is 2.07. The number of likely N-dealkylation sites (tertiary alicyclic amines) is 1. The molecule has 0 aromatic rings. The number of rotatable bonds is 3. The molecule has 1 saturated heterocycles. The van der Waals surface area contributed by atoms with Gasteiger partial charge in [-0.2, -0.15) is 0 Å². The number of primary amides is 1. The number of nitrogens with zero attached hydrogens (tertiary/aromatic N) is 1. The molecule has 2 amide bonds. The molecule has 2 atom stereocenters. The van der Waals surface area contributed by atoms with Crippen LogP contribution in [0, 0.1) is 5.41 Å². The second-order valence-electron chi connectivity index (χ2n) is 5.36. The van der Waals surface area contributed by atoms with Crippen LogP contribution in [-0.2, 0) is 9.59 Å². The Hall–Kier alpha value is -1.10. The Kier molecular flexibility index (Phi) is 3.12. The lowest BCUT2D eigenvalue weighted by Gasteiger charge is -2.53.